The molecule has 1 unspecified atom stereocenters. The van der Waals surface area contributed by atoms with Crippen LogP contribution in [0.1, 0.15) is 31.3 Å². The summed E-state index contributed by atoms with van der Waals surface area (Å²) in [7, 11) is 4.16. The first-order valence-electron chi connectivity index (χ1n) is 8.13. The molecule has 8 heteroatoms. The van der Waals surface area contributed by atoms with E-state index in [0.717, 1.165) is 42.4 Å². The third kappa shape index (κ3) is 8.35. The van der Waals surface area contributed by atoms with Crippen molar-refractivity contribution in [2.24, 2.45) is 10.7 Å². The Bertz CT molecular complexity index is 531. The molecule has 1 aromatic heterocycles. The Kier molecular flexibility index (Phi) is 9.48. The van der Waals surface area contributed by atoms with Gasteiger partial charge in [-0.3, -0.25) is 15.1 Å². The Morgan fingerprint density at radius 3 is 2.79 bits per heavy atom. The molecule has 0 aromatic carbocycles. The van der Waals surface area contributed by atoms with E-state index in [1.807, 2.05) is 12.1 Å². The molecule has 0 fully saturated rings. The highest BCUT2D eigenvalue weighted by atomic mass is 32.2. The van der Waals surface area contributed by atoms with Crippen molar-refractivity contribution in [2.45, 2.75) is 38.0 Å². The van der Waals surface area contributed by atoms with Gasteiger partial charge in [-0.1, -0.05) is 0 Å². The fraction of sp³-hybridized carbons (Fsp3) is 0.688. The molecule has 1 aromatic rings. The third-order valence-corrected chi connectivity index (χ3v) is 4.47. The highest BCUT2D eigenvalue weighted by Gasteiger charge is 2.16. The lowest BCUT2D eigenvalue weighted by Gasteiger charge is -2.07. The highest BCUT2D eigenvalue weighted by molar-refractivity contribution is 7.98. The SMILES string of the molecule is CC(C(N)=NCCSCc1ccc(CCCCN(C)C)o1)[N+](=O)[O-]. The van der Waals surface area contributed by atoms with E-state index in [2.05, 4.69) is 24.0 Å². The van der Waals surface area contributed by atoms with Crippen molar-refractivity contribution in [3.8, 4) is 0 Å². The minimum atomic E-state index is -0.921. The van der Waals surface area contributed by atoms with Gasteiger partial charge in [-0.05, 0) is 45.6 Å². The summed E-state index contributed by atoms with van der Waals surface area (Å²) < 4.78 is 5.80. The predicted octanol–water partition coefficient (Wildman–Crippen LogP) is 2.42. The molecule has 2 N–H and O–H groups in total. The molecule has 0 bridgehead atoms. The van der Waals surface area contributed by atoms with Crippen molar-refractivity contribution in [1.29, 1.82) is 0 Å². The van der Waals surface area contributed by atoms with Crippen molar-refractivity contribution in [2.75, 3.05) is 32.9 Å². The van der Waals surface area contributed by atoms with Gasteiger partial charge in [-0.15, -0.1) is 0 Å². The first kappa shape index (κ1) is 20.5. The summed E-state index contributed by atoms with van der Waals surface area (Å²) in [6.07, 6.45) is 3.26. The zero-order valence-electron chi connectivity index (χ0n) is 14.7. The third-order valence-electron chi connectivity index (χ3n) is 3.51. The monoisotopic (exact) mass is 356 g/mol. The van der Waals surface area contributed by atoms with Gasteiger partial charge in [-0.2, -0.15) is 11.8 Å². The van der Waals surface area contributed by atoms with E-state index in [-0.39, 0.29) is 5.84 Å². The largest absolute Gasteiger partial charge is 0.465 e. The van der Waals surface area contributed by atoms with Gasteiger partial charge in [0.1, 0.15) is 11.5 Å². The summed E-state index contributed by atoms with van der Waals surface area (Å²) in [6.45, 7) is 3.02. The van der Waals surface area contributed by atoms with Crippen LogP contribution in [0.15, 0.2) is 21.5 Å². The molecule has 24 heavy (non-hydrogen) atoms. The molecule has 0 amide bonds. The maximum absolute atomic E-state index is 10.6. The second kappa shape index (κ2) is 11.1. The number of rotatable bonds is 12. The average Bonchev–Trinajstić information content (AvgIpc) is 2.97. The number of aliphatic imine (C=N–C) groups is 1. The van der Waals surface area contributed by atoms with Crippen LogP contribution in [0.2, 0.25) is 0 Å². The van der Waals surface area contributed by atoms with Crippen LogP contribution in [0.3, 0.4) is 0 Å². The topological polar surface area (TPSA) is 97.9 Å². The van der Waals surface area contributed by atoms with Gasteiger partial charge in [0.2, 0.25) is 0 Å². The minimum absolute atomic E-state index is 0.0820. The van der Waals surface area contributed by atoms with Crippen LogP contribution in [0.5, 0.6) is 0 Å². The molecule has 0 saturated heterocycles. The van der Waals surface area contributed by atoms with E-state index in [9.17, 15) is 10.1 Å². The van der Waals surface area contributed by atoms with Crippen molar-refractivity contribution in [1.82, 2.24) is 4.90 Å². The van der Waals surface area contributed by atoms with Gasteiger partial charge in [0.25, 0.3) is 6.04 Å². The van der Waals surface area contributed by atoms with Crippen LogP contribution < -0.4 is 5.73 Å². The zero-order valence-corrected chi connectivity index (χ0v) is 15.6. The van der Waals surface area contributed by atoms with Crippen molar-refractivity contribution in [3.05, 3.63) is 33.8 Å². The highest BCUT2D eigenvalue weighted by Crippen LogP contribution is 2.17. The first-order valence-corrected chi connectivity index (χ1v) is 9.29. The van der Waals surface area contributed by atoms with E-state index in [1.165, 1.54) is 13.3 Å². The molecule has 0 aliphatic heterocycles. The number of aryl methyl sites for hydroxylation is 1. The number of furan rings is 1. The standard InChI is InChI=1S/C16H28N4O3S/c1-13(20(21)22)16(17)18-9-11-24-12-15-8-7-14(23-15)6-4-5-10-19(2)3/h7-8,13H,4-6,9-12H2,1-3H3,(H2,17,18). The quantitative estimate of drug-likeness (QED) is 0.203. The van der Waals surface area contributed by atoms with Crippen LogP contribution in [0.25, 0.3) is 0 Å². The first-order chi connectivity index (χ1) is 11.4. The Morgan fingerprint density at radius 1 is 1.42 bits per heavy atom. The lowest BCUT2D eigenvalue weighted by atomic mass is 10.2. The minimum Gasteiger partial charge on any atom is -0.465 e. The Morgan fingerprint density at radius 2 is 2.12 bits per heavy atom. The predicted molar refractivity (Wildman–Crippen MR) is 99.3 cm³/mol. The molecule has 1 rings (SSSR count). The van der Waals surface area contributed by atoms with Gasteiger partial charge < -0.3 is 15.1 Å². The maximum atomic E-state index is 10.6. The van der Waals surface area contributed by atoms with Crippen LogP contribution in [0.4, 0.5) is 0 Å². The Balaban J connectivity index is 2.20. The number of amidine groups is 1. The Hall–Kier alpha value is -1.54. The molecule has 0 aliphatic carbocycles. The maximum Gasteiger partial charge on any atom is 0.266 e. The molecule has 7 nitrogen and oxygen atoms in total. The number of nitrogens with two attached hydrogens (primary N) is 1. The van der Waals surface area contributed by atoms with Crippen molar-refractivity contribution >= 4 is 17.6 Å². The number of hydrogen-bond donors (Lipinski definition) is 1. The van der Waals surface area contributed by atoms with Crippen molar-refractivity contribution < 1.29 is 9.34 Å². The fourth-order valence-electron chi connectivity index (χ4n) is 2.01. The molecule has 1 atom stereocenters. The summed E-state index contributed by atoms with van der Waals surface area (Å²) in [5.74, 6) is 3.60. The van der Waals surface area contributed by atoms with Crippen LogP contribution in [-0.2, 0) is 12.2 Å². The summed E-state index contributed by atoms with van der Waals surface area (Å²) >= 11 is 1.68. The second-order valence-corrected chi connectivity index (χ2v) is 7.05. The number of nitro groups is 1. The number of hydrogen-bond acceptors (Lipinski definition) is 6. The number of unbranched alkanes of at least 4 members (excludes halogenated alkanes) is 1. The van der Waals surface area contributed by atoms with E-state index in [0.29, 0.717) is 6.54 Å². The van der Waals surface area contributed by atoms with E-state index in [1.54, 1.807) is 11.8 Å². The molecule has 136 valence electrons. The van der Waals surface area contributed by atoms with Crippen molar-refractivity contribution in [3.63, 3.8) is 0 Å². The zero-order chi connectivity index (χ0) is 17.9. The molecule has 0 radical (unpaired) electrons. The Labute approximate surface area is 147 Å². The van der Waals surface area contributed by atoms with Gasteiger partial charge >= 0.3 is 0 Å². The number of nitrogens with zero attached hydrogens (tertiary/aromatic N) is 3. The summed E-state index contributed by atoms with van der Waals surface area (Å²) in [4.78, 5) is 16.4. The lowest BCUT2D eigenvalue weighted by Crippen LogP contribution is -2.33. The van der Waals surface area contributed by atoms with Gasteiger partial charge in [0, 0.05) is 24.0 Å². The molecule has 0 spiro atoms. The summed E-state index contributed by atoms with van der Waals surface area (Å²) in [5, 5.41) is 10.6. The van der Waals surface area contributed by atoms with Gasteiger partial charge in [0.15, 0.2) is 5.84 Å². The smallest absolute Gasteiger partial charge is 0.266 e. The van der Waals surface area contributed by atoms with E-state index in [4.69, 9.17) is 10.2 Å². The van der Waals surface area contributed by atoms with Crippen LogP contribution >= 0.6 is 11.8 Å². The van der Waals surface area contributed by atoms with E-state index < -0.39 is 11.0 Å². The van der Waals surface area contributed by atoms with Crippen LogP contribution in [0, 0.1) is 10.1 Å². The normalized spacial score (nSPS) is 13.4. The van der Waals surface area contributed by atoms with Gasteiger partial charge in [0.05, 0.1) is 12.3 Å². The fourth-order valence-corrected chi connectivity index (χ4v) is 2.73. The summed E-state index contributed by atoms with van der Waals surface area (Å²) in [6, 6.07) is 3.14. The molecule has 1 heterocycles. The number of thioether (sulfide) groups is 1. The molecular formula is C16H28N4O3S. The molecular weight excluding hydrogens is 328 g/mol. The van der Waals surface area contributed by atoms with Gasteiger partial charge in [-0.25, -0.2) is 0 Å². The molecule has 0 saturated carbocycles. The average molecular weight is 356 g/mol. The molecule has 0 aliphatic rings. The van der Waals surface area contributed by atoms with E-state index >= 15 is 0 Å². The second-order valence-electron chi connectivity index (χ2n) is 5.95. The lowest BCUT2D eigenvalue weighted by molar-refractivity contribution is -0.498. The van der Waals surface area contributed by atoms with Crippen LogP contribution in [-0.4, -0.2) is 54.6 Å². The summed E-state index contributed by atoms with van der Waals surface area (Å²) in [5.41, 5.74) is 5.57.